The van der Waals surface area contributed by atoms with Crippen molar-refractivity contribution in [1.82, 2.24) is 10.2 Å². The van der Waals surface area contributed by atoms with Gasteiger partial charge in [-0.15, -0.1) is 0 Å². The fourth-order valence-electron chi connectivity index (χ4n) is 3.95. The maximum atomic E-state index is 13.9. The average molecular weight is 556 g/mol. The molecule has 2 amide bonds. The summed E-state index contributed by atoms with van der Waals surface area (Å²) in [5.74, 6) is -0.813. The van der Waals surface area contributed by atoms with Crippen LogP contribution in [0.5, 0.6) is 0 Å². The first-order chi connectivity index (χ1) is 18.0. The van der Waals surface area contributed by atoms with Crippen LogP contribution in [0.15, 0.2) is 77.7 Å². The maximum Gasteiger partial charge on any atom is 0.264 e. The lowest BCUT2D eigenvalue weighted by Crippen LogP contribution is -2.51. The standard InChI is InChI=1S/C29H34ClN3O4S/c1-5-17-31-29(35)23(4)32(19-24-14-11-21(2)12-15-24)28(34)20-33(27-18-25(30)16-13-22(27)3)38(36,37)26-9-7-6-8-10-26/h6-16,18,23H,5,17,19-20H2,1-4H3,(H,31,35)/t23-/m1/s1. The molecule has 1 atom stereocenters. The first kappa shape index (κ1) is 29.2. The number of carbonyl (C=O) groups is 2. The molecule has 202 valence electrons. The summed E-state index contributed by atoms with van der Waals surface area (Å²) in [6, 6.07) is 19.7. The predicted molar refractivity (Wildman–Crippen MR) is 152 cm³/mol. The van der Waals surface area contributed by atoms with Gasteiger partial charge in [0.05, 0.1) is 10.6 Å². The van der Waals surface area contributed by atoms with Crippen LogP contribution in [0.4, 0.5) is 5.69 Å². The number of anilines is 1. The summed E-state index contributed by atoms with van der Waals surface area (Å²) in [5, 5.41) is 3.18. The number of nitrogens with zero attached hydrogens (tertiary/aromatic N) is 2. The third-order valence-electron chi connectivity index (χ3n) is 6.24. The minimum atomic E-state index is -4.13. The number of halogens is 1. The van der Waals surface area contributed by atoms with E-state index in [1.54, 1.807) is 44.2 Å². The molecule has 0 saturated carbocycles. The SMILES string of the molecule is CCCNC(=O)[C@@H](C)N(Cc1ccc(C)cc1)C(=O)CN(c1cc(Cl)ccc1C)S(=O)(=O)c1ccccc1. The Labute approximate surface area is 230 Å². The Kier molecular flexibility index (Phi) is 9.94. The normalized spacial score (nSPS) is 12.0. The molecule has 0 aliphatic carbocycles. The van der Waals surface area contributed by atoms with Crippen LogP contribution >= 0.6 is 11.6 Å². The lowest BCUT2D eigenvalue weighted by Gasteiger charge is -2.32. The molecule has 9 heteroatoms. The lowest BCUT2D eigenvalue weighted by molar-refractivity contribution is -0.139. The van der Waals surface area contributed by atoms with Crippen LogP contribution in [0.25, 0.3) is 0 Å². The van der Waals surface area contributed by atoms with Gasteiger partial charge in [-0.05, 0) is 62.6 Å². The van der Waals surface area contributed by atoms with E-state index < -0.39 is 28.5 Å². The molecule has 3 aromatic rings. The van der Waals surface area contributed by atoms with E-state index >= 15 is 0 Å². The van der Waals surface area contributed by atoms with Gasteiger partial charge in [0.15, 0.2) is 0 Å². The van der Waals surface area contributed by atoms with Crippen molar-refractivity contribution in [2.24, 2.45) is 0 Å². The Balaban J connectivity index is 2.04. The fraction of sp³-hybridized carbons (Fsp3) is 0.310. The van der Waals surface area contributed by atoms with Gasteiger partial charge in [0.2, 0.25) is 11.8 Å². The molecular weight excluding hydrogens is 522 g/mol. The highest BCUT2D eigenvalue weighted by atomic mass is 35.5. The molecule has 0 fully saturated rings. The van der Waals surface area contributed by atoms with Crippen molar-refractivity contribution >= 4 is 39.1 Å². The van der Waals surface area contributed by atoms with Crippen LogP contribution in [0.1, 0.15) is 37.0 Å². The molecule has 38 heavy (non-hydrogen) atoms. The zero-order valence-corrected chi connectivity index (χ0v) is 23.7. The van der Waals surface area contributed by atoms with E-state index in [9.17, 15) is 18.0 Å². The van der Waals surface area contributed by atoms with Crippen molar-refractivity contribution < 1.29 is 18.0 Å². The van der Waals surface area contributed by atoms with Gasteiger partial charge in [-0.2, -0.15) is 0 Å². The summed E-state index contributed by atoms with van der Waals surface area (Å²) >= 11 is 6.25. The summed E-state index contributed by atoms with van der Waals surface area (Å²) in [4.78, 5) is 28.3. The van der Waals surface area contributed by atoms with Crippen LogP contribution < -0.4 is 9.62 Å². The van der Waals surface area contributed by atoms with Gasteiger partial charge in [-0.1, -0.05) is 72.6 Å². The number of amides is 2. The molecule has 0 aliphatic rings. The Morgan fingerprint density at radius 1 is 0.974 bits per heavy atom. The predicted octanol–water partition coefficient (Wildman–Crippen LogP) is 5.10. The molecule has 0 heterocycles. The van der Waals surface area contributed by atoms with Crippen LogP contribution in [-0.2, 0) is 26.2 Å². The Bertz CT molecular complexity index is 1360. The van der Waals surface area contributed by atoms with Crippen molar-refractivity contribution in [3.8, 4) is 0 Å². The Hall–Kier alpha value is -3.36. The van der Waals surface area contributed by atoms with E-state index in [2.05, 4.69) is 5.32 Å². The van der Waals surface area contributed by atoms with Gasteiger partial charge in [0, 0.05) is 18.1 Å². The average Bonchev–Trinajstić information content (AvgIpc) is 2.91. The topological polar surface area (TPSA) is 86.8 Å². The second-order valence-corrected chi connectivity index (χ2v) is 11.5. The van der Waals surface area contributed by atoms with E-state index in [1.807, 2.05) is 38.1 Å². The Morgan fingerprint density at radius 3 is 2.26 bits per heavy atom. The van der Waals surface area contributed by atoms with Crippen LogP contribution in [0.2, 0.25) is 5.02 Å². The zero-order valence-electron chi connectivity index (χ0n) is 22.1. The maximum absolute atomic E-state index is 13.9. The van der Waals surface area contributed by atoms with E-state index in [-0.39, 0.29) is 17.3 Å². The fourth-order valence-corrected chi connectivity index (χ4v) is 5.61. The molecule has 0 bridgehead atoms. The number of nitrogens with one attached hydrogen (secondary N) is 1. The van der Waals surface area contributed by atoms with Crippen LogP contribution in [0, 0.1) is 13.8 Å². The van der Waals surface area contributed by atoms with E-state index in [0.29, 0.717) is 22.8 Å². The van der Waals surface area contributed by atoms with Gasteiger partial charge < -0.3 is 10.2 Å². The van der Waals surface area contributed by atoms with Gasteiger partial charge in [-0.3, -0.25) is 13.9 Å². The molecule has 0 saturated heterocycles. The number of sulfonamides is 1. The van der Waals surface area contributed by atoms with E-state index in [0.717, 1.165) is 21.9 Å². The highest BCUT2D eigenvalue weighted by molar-refractivity contribution is 7.92. The molecule has 3 rings (SSSR count). The van der Waals surface area contributed by atoms with Crippen molar-refractivity contribution in [2.75, 3.05) is 17.4 Å². The molecule has 0 aliphatic heterocycles. The second kappa shape index (κ2) is 12.9. The van der Waals surface area contributed by atoms with Crippen molar-refractivity contribution in [2.45, 2.75) is 51.6 Å². The van der Waals surface area contributed by atoms with Gasteiger partial charge >= 0.3 is 0 Å². The minimum Gasteiger partial charge on any atom is -0.354 e. The smallest absolute Gasteiger partial charge is 0.264 e. The highest BCUT2D eigenvalue weighted by Crippen LogP contribution is 2.30. The molecule has 0 aromatic heterocycles. The first-order valence-corrected chi connectivity index (χ1v) is 14.3. The van der Waals surface area contributed by atoms with Crippen molar-refractivity contribution in [1.29, 1.82) is 0 Å². The molecule has 7 nitrogen and oxygen atoms in total. The summed E-state index contributed by atoms with van der Waals surface area (Å²) < 4.78 is 28.7. The number of benzene rings is 3. The van der Waals surface area contributed by atoms with Crippen LogP contribution in [0.3, 0.4) is 0 Å². The van der Waals surface area contributed by atoms with Crippen molar-refractivity contribution in [3.63, 3.8) is 0 Å². The molecule has 0 radical (unpaired) electrons. The third-order valence-corrected chi connectivity index (χ3v) is 8.25. The summed E-state index contributed by atoms with van der Waals surface area (Å²) in [5.41, 5.74) is 2.83. The molecule has 0 unspecified atom stereocenters. The number of aryl methyl sites for hydroxylation is 2. The minimum absolute atomic E-state index is 0.0472. The Morgan fingerprint density at radius 2 is 1.63 bits per heavy atom. The number of hydrogen-bond acceptors (Lipinski definition) is 4. The molecular formula is C29H34ClN3O4S. The van der Waals surface area contributed by atoms with Gasteiger partial charge in [0.1, 0.15) is 12.6 Å². The molecule has 0 spiro atoms. The highest BCUT2D eigenvalue weighted by Gasteiger charge is 2.33. The lowest BCUT2D eigenvalue weighted by atomic mass is 10.1. The quantitative estimate of drug-likeness (QED) is 0.357. The summed E-state index contributed by atoms with van der Waals surface area (Å²) in [6.45, 7) is 7.44. The molecule has 1 N–H and O–H groups in total. The monoisotopic (exact) mass is 555 g/mol. The largest absolute Gasteiger partial charge is 0.354 e. The third kappa shape index (κ3) is 7.14. The summed E-state index contributed by atoms with van der Waals surface area (Å²) in [7, 11) is -4.13. The number of carbonyl (C=O) groups excluding carboxylic acids is 2. The zero-order chi connectivity index (χ0) is 27.9. The van der Waals surface area contributed by atoms with Gasteiger partial charge in [-0.25, -0.2) is 8.42 Å². The first-order valence-electron chi connectivity index (χ1n) is 12.5. The number of rotatable bonds is 11. The van der Waals surface area contributed by atoms with Crippen LogP contribution in [-0.4, -0.2) is 44.3 Å². The van der Waals surface area contributed by atoms with E-state index in [1.165, 1.54) is 23.1 Å². The second-order valence-electron chi connectivity index (χ2n) is 9.23. The van der Waals surface area contributed by atoms with E-state index in [4.69, 9.17) is 11.6 Å². The number of hydrogen-bond donors (Lipinski definition) is 1. The van der Waals surface area contributed by atoms with Crippen molar-refractivity contribution in [3.05, 3.63) is 94.5 Å². The summed E-state index contributed by atoms with van der Waals surface area (Å²) in [6.07, 6.45) is 0.751. The molecule has 3 aromatic carbocycles. The van der Waals surface area contributed by atoms with Gasteiger partial charge in [0.25, 0.3) is 10.0 Å².